The maximum Gasteiger partial charge on any atom is 0.262 e. The summed E-state index contributed by atoms with van der Waals surface area (Å²) in [7, 11) is 0. The highest BCUT2D eigenvalue weighted by atomic mass is 16.5. The van der Waals surface area contributed by atoms with Gasteiger partial charge in [-0.15, -0.1) is 0 Å². The van der Waals surface area contributed by atoms with Crippen LogP contribution in [0.25, 0.3) is 0 Å². The van der Waals surface area contributed by atoms with E-state index in [1.54, 1.807) is 30.6 Å². The lowest BCUT2D eigenvalue weighted by Crippen LogP contribution is -2.28. The highest BCUT2D eigenvalue weighted by Gasteiger charge is 2.18. The molecule has 6 heteroatoms. The Hall–Kier alpha value is -2.89. The van der Waals surface area contributed by atoms with Crippen LogP contribution >= 0.6 is 0 Å². The molecule has 6 nitrogen and oxygen atoms in total. The number of hydrogen-bond acceptors (Lipinski definition) is 4. The topological polar surface area (TPSA) is 80.3 Å². The molecule has 1 aliphatic heterocycles. The number of amides is 2. The van der Waals surface area contributed by atoms with Gasteiger partial charge in [0.2, 0.25) is 0 Å². The van der Waals surface area contributed by atoms with Crippen LogP contribution in [-0.2, 0) is 4.79 Å². The molecule has 2 aromatic rings. The molecule has 3 rings (SSSR count). The Bertz CT molecular complexity index is 716. The molecule has 0 saturated carbocycles. The molecule has 2 heterocycles. The highest BCUT2D eigenvalue weighted by molar-refractivity contribution is 5.99. The quantitative estimate of drug-likeness (QED) is 0.906. The summed E-state index contributed by atoms with van der Waals surface area (Å²) in [6.45, 7) is 1.90. The highest BCUT2D eigenvalue weighted by Crippen LogP contribution is 2.28. The largest absolute Gasteiger partial charge is 0.482 e. The fourth-order valence-electron chi connectivity index (χ4n) is 2.24. The standard InChI is InChI=1S/C16H15N3O3/c1-10(11-4-6-17-7-5-11)18-16(21)12-2-3-14-13(8-12)19-15(20)9-22-14/h2-8,10H,9H2,1H3,(H,18,21)(H,19,20). The van der Waals surface area contributed by atoms with Gasteiger partial charge >= 0.3 is 0 Å². The van der Waals surface area contributed by atoms with Gasteiger partial charge in [-0.1, -0.05) is 0 Å². The lowest BCUT2D eigenvalue weighted by Gasteiger charge is -2.19. The summed E-state index contributed by atoms with van der Waals surface area (Å²) >= 11 is 0. The van der Waals surface area contributed by atoms with Gasteiger partial charge in [0.1, 0.15) is 5.75 Å². The van der Waals surface area contributed by atoms with Crippen LogP contribution in [-0.4, -0.2) is 23.4 Å². The van der Waals surface area contributed by atoms with Gasteiger partial charge in [-0.25, -0.2) is 0 Å². The second kappa shape index (κ2) is 5.85. The van der Waals surface area contributed by atoms with Crippen molar-refractivity contribution in [1.29, 1.82) is 0 Å². The number of benzene rings is 1. The third kappa shape index (κ3) is 2.90. The molecule has 1 aromatic carbocycles. The number of nitrogens with one attached hydrogen (secondary N) is 2. The Kier molecular flexibility index (Phi) is 3.74. The first-order chi connectivity index (χ1) is 10.6. The van der Waals surface area contributed by atoms with Gasteiger partial charge in [-0.3, -0.25) is 14.6 Å². The van der Waals surface area contributed by atoms with E-state index in [-0.39, 0.29) is 24.5 Å². The zero-order valence-corrected chi connectivity index (χ0v) is 12.0. The third-order valence-corrected chi connectivity index (χ3v) is 3.43. The Labute approximate surface area is 127 Å². The third-order valence-electron chi connectivity index (χ3n) is 3.43. The van der Waals surface area contributed by atoms with E-state index >= 15 is 0 Å². The second-order valence-electron chi connectivity index (χ2n) is 5.02. The summed E-state index contributed by atoms with van der Waals surface area (Å²) in [6.07, 6.45) is 3.37. The van der Waals surface area contributed by atoms with Crippen LogP contribution in [0.3, 0.4) is 0 Å². The molecule has 1 unspecified atom stereocenters. The lowest BCUT2D eigenvalue weighted by molar-refractivity contribution is -0.118. The normalized spacial score (nSPS) is 14.3. The minimum Gasteiger partial charge on any atom is -0.482 e. The smallest absolute Gasteiger partial charge is 0.262 e. The molecule has 22 heavy (non-hydrogen) atoms. The predicted molar refractivity (Wildman–Crippen MR) is 80.7 cm³/mol. The average molecular weight is 297 g/mol. The molecule has 1 atom stereocenters. The van der Waals surface area contributed by atoms with E-state index < -0.39 is 0 Å². The van der Waals surface area contributed by atoms with E-state index in [9.17, 15) is 9.59 Å². The number of carbonyl (C=O) groups is 2. The molecule has 0 radical (unpaired) electrons. The zero-order chi connectivity index (χ0) is 15.5. The number of anilines is 1. The molecule has 2 amide bonds. The fourth-order valence-corrected chi connectivity index (χ4v) is 2.24. The van der Waals surface area contributed by atoms with Crippen molar-refractivity contribution in [3.8, 4) is 5.75 Å². The van der Waals surface area contributed by atoms with Crippen molar-refractivity contribution in [2.45, 2.75) is 13.0 Å². The fraction of sp³-hybridized carbons (Fsp3) is 0.188. The van der Waals surface area contributed by atoms with Crippen molar-refractivity contribution < 1.29 is 14.3 Å². The minimum atomic E-state index is -0.227. The van der Waals surface area contributed by atoms with Crippen LogP contribution in [0.2, 0.25) is 0 Å². The average Bonchev–Trinajstić information content (AvgIpc) is 2.54. The predicted octanol–water partition coefficient (Wildman–Crippen LogP) is 1.90. The van der Waals surface area contributed by atoms with E-state index in [0.29, 0.717) is 17.0 Å². The van der Waals surface area contributed by atoms with Crippen molar-refractivity contribution in [2.75, 3.05) is 11.9 Å². The van der Waals surface area contributed by atoms with Crippen molar-refractivity contribution in [1.82, 2.24) is 10.3 Å². The number of fused-ring (bicyclic) bond motifs is 1. The monoisotopic (exact) mass is 297 g/mol. The van der Waals surface area contributed by atoms with Crippen molar-refractivity contribution in [3.63, 3.8) is 0 Å². The van der Waals surface area contributed by atoms with Crippen LogP contribution in [0.5, 0.6) is 5.75 Å². The first kappa shape index (κ1) is 14.1. The Morgan fingerprint density at radius 3 is 2.86 bits per heavy atom. The number of ether oxygens (including phenoxy) is 1. The summed E-state index contributed by atoms with van der Waals surface area (Å²) < 4.78 is 5.27. The molecule has 112 valence electrons. The van der Waals surface area contributed by atoms with Crippen LogP contribution < -0.4 is 15.4 Å². The maximum atomic E-state index is 12.3. The summed E-state index contributed by atoms with van der Waals surface area (Å²) in [5.41, 5.74) is 1.95. The maximum absolute atomic E-state index is 12.3. The lowest BCUT2D eigenvalue weighted by atomic mass is 10.1. The Balaban J connectivity index is 1.75. The molecule has 1 aromatic heterocycles. The molecular weight excluding hydrogens is 282 g/mol. The van der Waals surface area contributed by atoms with Gasteiger partial charge in [0.15, 0.2) is 6.61 Å². The number of carbonyl (C=O) groups excluding carboxylic acids is 2. The van der Waals surface area contributed by atoms with Crippen molar-refractivity contribution in [3.05, 3.63) is 53.9 Å². The Morgan fingerprint density at radius 1 is 1.32 bits per heavy atom. The molecule has 0 fully saturated rings. The number of hydrogen-bond donors (Lipinski definition) is 2. The summed E-state index contributed by atoms with van der Waals surface area (Å²) in [4.78, 5) is 27.6. The summed E-state index contributed by atoms with van der Waals surface area (Å²) in [5.74, 6) is 0.125. The van der Waals surface area contributed by atoms with E-state index in [0.717, 1.165) is 5.56 Å². The first-order valence-electron chi connectivity index (χ1n) is 6.91. The SMILES string of the molecule is CC(NC(=O)c1ccc2c(c1)NC(=O)CO2)c1ccncc1. The second-order valence-corrected chi connectivity index (χ2v) is 5.02. The number of aromatic nitrogens is 1. The zero-order valence-electron chi connectivity index (χ0n) is 12.0. The molecule has 0 saturated heterocycles. The van der Waals surface area contributed by atoms with Crippen molar-refractivity contribution in [2.24, 2.45) is 0 Å². The van der Waals surface area contributed by atoms with E-state index in [1.165, 1.54) is 0 Å². The minimum absolute atomic E-state index is 0.00236. The van der Waals surface area contributed by atoms with E-state index in [2.05, 4.69) is 15.6 Å². The first-order valence-corrected chi connectivity index (χ1v) is 6.91. The van der Waals surface area contributed by atoms with E-state index in [1.807, 2.05) is 19.1 Å². The van der Waals surface area contributed by atoms with Gasteiger partial charge in [0.25, 0.3) is 11.8 Å². The number of nitrogens with zero attached hydrogens (tertiary/aromatic N) is 1. The number of rotatable bonds is 3. The molecule has 0 bridgehead atoms. The van der Waals surface area contributed by atoms with Gasteiger partial charge in [0.05, 0.1) is 11.7 Å². The van der Waals surface area contributed by atoms with Crippen LogP contribution in [0.15, 0.2) is 42.7 Å². The summed E-state index contributed by atoms with van der Waals surface area (Å²) in [6, 6.07) is 8.53. The van der Waals surface area contributed by atoms with Gasteiger partial charge < -0.3 is 15.4 Å². The Morgan fingerprint density at radius 2 is 2.09 bits per heavy atom. The molecular formula is C16H15N3O3. The summed E-state index contributed by atoms with van der Waals surface area (Å²) in [5, 5.41) is 5.60. The van der Waals surface area contributed by atoms with Gasteiger partial charge in [-0.2, -0.15) is 0 Å². The number of pyridine rings is 1. The van der Waals surface area contributed by atoms with Crippen molar-refractivity contribution >= 4 is 17.5 Å². The van der Waals surface area contributed by atoms with Crippen LogP contribution in [0, 0.1) is 0 Å². The molecule has 0 aliphatic carbocycles. The van der Waals surface area contributed by atoms with Gasteiger partial charge in [0, 0.05) is 18.0 Å². The molecule has 2 N–H and O–H groups in total. The van der Waals surface area contributed by atoms with Gasteiger partial charge in [-0.05, 0) is 42.8 Å². The molecule has 1 aliphatic rings. The van der Waals surface area contributed by atoms with E-state index in [4.69, 9.17) is 4.74 Å². The molecule has 0 spiro atoms. The van der Waals surface area contributed by atoms with Crippen LogP contribution in [0.4, 0.5) is 5.69 Å². The van der Waals surface area contributed by atoms with Crippen LogP contribution in [0.1, 0.15) is 28.9 Å².